The summed E-state index contributed by atoms with van der Waals surface area (Å²) in [5, 5.41) is 56.5. The van der Waals surface area contributed by atoms with E-state index in [2.05, 4.69) is 5.29 Å². The average molecular weight is 412 g/mol. The molecule has 1 aliphatic carbocycles. The second-order valence-corrected chi connectivity index (χ2v) is 7.26. The third-order valence-corrected chi connectivity index (χ3v) is 5.33. The number of amides is 2. The van der Waals surface area contributed by atoms with Crippen molar-refractivity contribution < 1.29 is 35.1 Å². The Balaban J connectivity index is 2.14. The van der Waals surface area contributed by atoms with Crippen LogP contribution in [0.5, 0.6) is 0 Å². The Labute approximate surface area is 160 Å². The third kappa shape index (κ3) is 4.67. The van der Waals surface area contributed by atoms with E-state index in [-0.39, 0.29) is 12.4 Å². The minimum Gasteiger partial charge on any atom is -0.387 e. The van der Waals surface area contributed by atoms with Crippen molar-refractivity contribution in [1.29, 1.82) is 0 Å². The van der Waals surface area contributed by atoms with Gasteiger partial charge < -0.3 is 35.6 Å². The number of alkyl halides is 1. The van der Waals surface area contributed by atoms with Crippen LogP contribution in [0.25, 0.3) is 0 Å². The molecule has 6 atom stereocenters. The number of halogens is 1. The summed E-state index contributed by atoms with van der Waals surface area (Å²) >= 11 is 5.44. The van der Waals surface area contributed by atoms with Crippen LogP contribution < -0.4 is 5.32 Å². The number of urea groups is 1. The second kappa shape index (κ2) is 9.41. The highest BCUT2D eigenvalue weighted by atomic mass is 35.5. The van der Waals surface area contributed by atoms with Crippen LogP contribution in [0.3, 0.4) is 0 Å². The Morgan fingerprint density at radius 2 is 1.89 bits per heavy atom. The van der Waals surface area contributed by atoms with E-state index in [0.717, 1.165) is 19.3 Å². The van der Waals surface area contributed by atoms with Crippen LogP contribution in [0.1, 0.15) is 32.1 Å². The van der Waals surface area contributed by atoms with E-state index in [9.17, 15) is 35.2 Å². The van der Waals surface area contributed by atoms with Crippen molar-refractivity contribution >= 4 is 17.6 Å². The zero-order chi connectivity index (χ0) is 20.2. The maximum Gasteiger partial charge on any atom is 0.342 e. The zero-order valence-electron chi connectivity index (χ0n) is 14.6. The van der Waals surface area contributed by atoms with Gasteiger partial charge in [-0.2, -0.15) is 5.01 Å². The van der Waals surface area contributed by atoms with Crippen LogP contribution >= 0.6 is 11.6 Å². The summed E-state index contributed by atoms with van der Waals surface area (Å²) in [7, 11) is 0. The Kier molecular flexibility index (Phi) is 7.74. The summed E-state index contributed by atoms with van der Waals surface area (Å²) in [4.78, 5) is 22.6. The Morgan fingerprint density at radius 3 is 2.44 bits per heavy atom. The number of hydrogen-bond acceptors (Lipinski definition) is 9. The molecule has 1 aliphatic heterocycles. The standard InChI is InChI=1S/C15H26ClN3O8/c16-6-7-19(18-26)14(24)17-13(23)11-9(20)10(21)12(22)15(25,27-11)8-4-2-1-3-5-8/h8-13,20-23,25H,1-7H2,(H,17,24)/t9-,10+,11+,12+,13?,15+/m1/s1. The van der Waals surface area contributed by atoms with Gasteiger partial charge in [0, 0.05) is 11.8 Å². The molecular formula is C15H26ClN3O8. The van der Waals surface area contributed by atoms with Gasteiger partial charge in [-0.1, -0.05) is 19.3 Å². The van der Waals surface area contributed by atoms with Gasteiger partial charge in [0.05, 0.1) is 11.8 Å². The second-order valence-electron chi connectivity index (χ2n) is 6.88. The quantitative estimate of drug-likeness (QED) is 0.139. The molecule has 6 N–H and O–H groups in total. The lowest BCUT2D eigenvalue weighted by Crippen LogP contribution is -2.70. The van der Waals surface area contributed by atoms with Gasteiger partial charge in [0.2, 0.25) is 0 Å². The summed E-state index contributed by atoms with van der Waals surface area (Å²) in [6, 6.07) is -1.10. The minimum absolute atomic E-state index is 0.0792. The smallest absolute Gasteiger partial charge is 0.342 e. The lowest BCUT2D eigenvalue weighted by Gasteiger charge is -2.50. The molecule has 1 saturated heterocycles. The summed E-state index contributed by atoms with van der Waals surface area (Å²) in [5.74, 6) is -2.80. The van der Waals surface area contributed by atoms with Crippen molar-refractivity contribution in [3.8, 4) is 0 Å². The summed E-state index contributed by atoms with van der Waals surface area (Å²) in [5.41, 5.74) is 0. The summed E-state index contributed by atoms with van der Waals surface area (Å²) in [6.07, 6.45) is -5.34. The van der Waals surface area contributed by atoms with Crippen LogP contribution in [0, 0.1) is 10.8 Å². The average Bonchev–Trinajstić information content (AvgIpc) is 2.67. The van der Waals surface area contributed by atoms with Crippen molar-refractivity contribution in [3.63, 3.8) is 0 Å². The lowest BCUT2D eigenvalue weighted by molar-refractivity contribution is -0.377. The molecule has 2 rings (SSSR count). The number of carbonyl (C=O) groups excluding carboxylic acids is 1. The Morgan fingerprint density at radius 1 is 1.26 bits per heavy atom. The van der Waals surface area contributed by atoms with Gasteiger partial charge >= 0.3 is 6.03 Å². The molecule has 12 heteroatoms. The molecule has 0 aromatic rings. The number of aliphatic hydroxyl groups excluding tert-OH is 4. The molecule has 1 unspecified atom stereocenters. The number of nitrogens with zero attached hydrogens (tertiary/aromatic N) is 2. The van der Waals surface area contributed by atoms with Crippen molar-refractivity contribution in [2.45, 2.75) is 68.5 Å². The highest BCUT2D eigenvalue weighted by molar-refractivity contribution is 6.18. The first-order valence-electron chi connectivity index (χ1n) is 8.86. The highest BCUT2D eigenvalue weighted by Crippen LogP contribution is 2.41. The van der Waals surface area contributed by atoms with Crippen LogP contribution in [0.4, 0.5) is 4.79 Å². The van der Waals surface area contributed by atoms with Crippen LogP contribution in [0.2, 0.25) is 0 Å². The Bertz CT molecular complexity index is 519. The van der Waals surface area contributed by atoms with E-state index < -0.39 is 48.4 Å². The van der Waals surface area contributed by atoms with Gasteiger partial charge in [0.1, 0.15) is 24.4 Å². The predicted molar refractivity (Wildman–Crippen MR) is 92.2 cm³/mol. The number of nitrogens with one attached hydrogen (secondary N) is 1. The Hall–Kier alpha value is -1.08. The van der Waals surface area contributed by atoms with Crippen molar-refractivity contribution in [1.82, 2.24) is 10.3 Å². The van der Waals surface area contributed by atoms with E-state index in [1.165, 1.54) is 0 Å². The zero-order valence-corrected chi connectivity index (χ0v) is 15.4. The molecule has 0 spiro atoms. The van der Waals surface area contributed by atoms with Gasteiger partial charge in [-0.05, 0) is 12.8 Å². The fourth-order valence-corrected chi connectivity index (χ4v) is 3.79. The number of nitroso groups, excluding NO2 is 1. The van der Waals surface area contributed by atoms with Gasteiger partial charge in [-0.3, -0.25) is 0 Å². The SMILES string of the molecule is O=NN(CCCl)C(=O)NC(O)[C@H]1O[C@@](O)(C2CCCCC2)[C@@H](O)[C@@H](O)[C@H]1O. The van der Waals surface area contributed by atoms with Crippen molar-refractivity contribution in [2.75, 3.05) is 12.4 Å². The third-order valence-electron chi connectivity index (χ3n) is 5.16. The molecule has 2 fully saturated rings. The van der Waals surface area contributed by atoms with Gasteiger partial charge in [0.25, 0.3) is 0 Å². The van der Waals surface area contributed by atoms with E-state index in [1.54, 1.807) is 0 Å². The molecule has 2 aliphatic rings. The van der Waals surface area contributed by atoms with E-state index >= 15 is 0 Å². The number of carbonyl (C=O) groups is 1. The van der Waals surface area contributed by atoms with Gasteiger partial charge in [0.15, 0.2) is 12.0 Å². The molecule has 156 valence electrons. The molecule has 1 heterocycles. The fourth-order valence-electron chi connectivity index (χ4n) is 3.63. The summed E-state index contributed by atoms with van der Waals surface area (Å²) in [6.45, 7) is -0.217. The van der Waals surface area contributed by atoms with E-state index in [1.807, 2.05) is 5.32 Å². The van der Waals surface area contributed by atoms with Crippen LogP contribution in [0.15, 0.2) is 5.29 Å². The van der Waals surface area contributed by atoms with Crippen LogP contribution in [-0.2, 0) is 4.74 Å². The maximum atomic E-state index is 11.9. The number of rotatable bonds is 6. The molecule has 27 heavy (non-hydrogen) atoms. The first-order chi connectivity index (χ1) is 12.8. The van der Waals surface area contributed by atoms with Crippen molar-refractivity contribution in [2.24, 2.45) is 11.2 Å². The molecule has 2 amide bonds. The van der Waals surface area contributed by atoms with Gasteiger partial charge in [-0.15, -0.1) is 16.5 Å². The molecule has 0 aromatic carbocycles. The summed E-state index contributed by atoms with van der Waals surface area (Å²) < 4.78 is 5.42. The largest absolute Gasteiger partial charge is 0.387 e. The minimum atomic E-state index is -2.20. The van der Waals surface area contributed by atoms with Gasteiger partial charge in [-0.25, -0.2) is 4.79 Å². The van der Waals surface area contributed by atoms with Crippen molar-refractivity contribution in [3.05, 3.63) is 4.91 Å². The number of ether oxygens (including phenoxy) is 1. The van der Waals surface area contributed by atoms with E-state index in [4.69, 9.17) is 16.3 Å². The normalized spacial score (nSPS) is 36.1. The molecule has 1 saturated carbocycles. The molecule has 0 bridgehead atoms. The van der Waals surface area contributed by atoms with Crippen LogP contribution in [-0.4, -0.2) is 85.4 Å². The molecule has 0 aromatic heterocycles. The number of aliphatic hydroxyl groups is 5. The molecule has 11 nitrogen and oxygen atoms in total. The lowest BCUT2D eigenvalue weighted by atomic mass is 9.77. The highest BCUT2D eigenvalue weighted by Gasteiger charge is 2.57. The molecule has 0 radical (unpaired) electrons. The van der Waals surface area contributed by atoms with E-state index in [0.29, 0.717) is 17.9 Å². The monoisotopic (exact) mass is 411 g/mol. The first-order valence-corrected chi connectivity index (χ1v) is 9.39. The first kappa shape index (κ1) is 22.2. The molecular weight excluding hydrogens is 386 g/mol. The maximum absolute atomic E-state index is 11.9. The topological polar surface area (TPSA) is 172 Å². The predicted octanol–water partition coefficient (Wildman–Crippen LogP) is -1.01. The number of hydrogen-bond donors (Lipinski definition) is 6. The fraction of sp³-hybridized carbons (Fsp3) is 0.933.